The van der Waals surface area contributed by atoms with Crippen LogP contribution in [0.1, 0.15) is 74.1 Å². The van der Waals surface area contributed by atoms with Crippen molar-refractivity contribution in [2.75, 3.05) is 7.11 Å². The lowest BCUT2D eigenvalue weighted by molar-refractivity contribution is -0.169. The van der Waals surface area contributed by atoms with Crippen molar-refractivity contribution in [1.82, 2.24) is 0 Å². The number of epoxide rings is 1. The van der Waals surface area contributed by atoms with Gasteiger partial charge < -0.3 is 34.3 Å². The minimum atomic E-state index is -1.48. The molecule has 1 fully saturated rings. The maximum Gasteiger partial charge on any atom is 0.338 e. The Hall–Kier alpha value is -2.04. The molecule has 40 heavy (non-hydrogen) atoms. The molecule has 0 spiro atoms. The van der Waals surface area contributed by atoms with Crippen LogP contribution in [0.15, 0.2) is 36.0 Å². The Morgan fingerprint density at radius 2 is 1.93 bits per heavy atom. The van der Waals surface area contributed by atoms with Crippen LogP contribution in [0.25, 0.3) is 0 Å². The molecule has 0 aromatic heterocycles. The summed E-state index contributed by atoms with van der Waals surface area (Å²) in [5, 5.41) is 32.5. The summed E-state index contributed by atoms with van der Waals surface area (Å²) in [6.07, 6.45) is 6.23. The number of aliphatic hydroxyl groups is 3. The summed E-state index contributed by atoms with van der Waals surface area (Å²) in [5.74, 6) is -1.38. The monoisotopic (exact) mass is 566 g/mol. The fraction of sp³-hybridized carbons (Fsp3) is 0.742. The number of hydrogen-bond acceptors (Lipinski definition) is 9. The molecule has 0 aromatic rings. The molecule has 2 heterocycles. The zero-order chi connectivity index (χ0) is 30.2. The van der Waals surface area contributed by atoms with Crippen molar-refractivity contribution in [2.24, 2.45) is 17.8 Å². The second kappa shape index (κ2) is 15.3. The van der Waals surface area contributed by atoms with Gasteiger partial charge in [0.15, 0.2) is 6.10 Å². The van der Waals surface area contributed by atoms with Crippen molar-refractivity contribution in [3.8, 4) is 0 Å². The number of hydrogen-bond donors (Lipinski definition) is 3. The number of allylic oxidation sites excluding steroid dienone is 2. The first-order chi connectivity index (χ1) is 18.7. The number of aliphatic hydroxyl groups excluding tert-OH is 2. The average molecular weight is 567 g/mol. The second-order valence-electron chi connectivity index (χ2n) is 11.7. The summed E-state index contributed by atoms with van der Waals surface area (Å²) in [7, 11) is 1.31. The number of esters is 2. The van der Waals surface area contributed by atoms with Crippen molar-refractivity contribution < 1.29 is 43.9 Å². The fourth-order valence-electron chi connectivity index (χ4n) is 5.26. The second-order valence-corrected chi connectivity index (χ2v) is 11.7. The molecule has 2 aliphatic heterocycles. The molecule has 0 amide bonds. The van der Waals surface area contributed by atoms with Crippen molar-refractivity contribution in [3.63, 3.8) is 0 Å². The first-order valence-corrected chi connectivity index (χ1v) is 14.4. The highest BCUT2D eigenvalue weighted by Crippen LogP contribution is 2.36. The SMILES string of the molecule is CCCC(C)C1OC1C(O)C(C)/C=C/C=C(\C)C1OC(=O)C(OC)C(O)CCC(C)(O)C(OC(C)=O)/C=C\C1C. The van der Waals surface area contributed by atoms with Crippen LogP contribution in [0.5, 0.6) is 0 Å². The molecule has 0 radical (unpaired) electrons. The summed E-state index contributed by atoms with van der Waals surface area (Å²) in [6.45, 7) is 12.7. The van der Waals surface area contributed by atoms with E-state index in [1.54, 1.807) is 12.2 Å². The minimum Gasteiger partial charge on any atom is -0.455 e. The molecule has 2 rings (SSSR count). The molecule has 9 nitrogen and oxygen atoms in total. The first kappa shape index (κ1) is 34.2. The van der Waals surface area contributed by atoms with E-state index >= 15 is 0 Å². The first-order valence-electron chi connectivity index (χ1n) is 14.4. The average Bonchev–Trinajstić information content (AvgIpc) is 3.68. The van der Waals surface area contributed by atoms with Crippen molar-refractivity contribution >= 4 is 11.9 Å². The van der Waals surface area contributed by atoms with Crippen LogP contribution in [0.3, 0.4) is 0 Å². The van der Waals surface area contributed by atoms with Crippen LogP contribution < -0.4 is 0 Å². The van der Waals surface area contributed by atoms with Gasteiger partial charge in [-0.1, -0.05) is 58.4 Å². The lowest BCUT2D eigenvalue weighted by Crippen LogP contribution is -2.45. The maximum absolute atomic E-state index is 13.0. The lowest BCUT2D eigenvalue weighted by Gasteiger charge is -2.33. The Bertz CT molecular complexity index is 924. The zero-order valence-electron chi connectivity index (χ0n) is 25.3. The van der Waals surface area contributed by atoms with Crippen LogP contribution in [0.2, 0.25) is 0 Å². The predicted molar refractivity (Wildman–Crippen MR) is 151 cm³/mol. The van der Waals surface area contributed by atoms with Crippen molar-refractivity contribution in [1.29, 1.82) is 0 Å². The third-order valence-electron chi connectivity index (χ3n) is 7.96. The molecule has 1 saturated heterocycles. The maximum atomic E-state index is 13.0. The van der Waals surface area contributed by atoms with Gasteiger partial charge in [0, 0.05) is 25.9 Å². The van der Waals surface area contributed by atoms with Crippen LogP contribution in [0, 0.1) is 17.8 Å². The summed E-state index contributed by atoms with van der Waals surface area (Å²) in [6, 6.07) is 0. The fourth-order valence-corrected chi connectivity index (χ4v) is 5.26. The standard InChI is InChI=1S/C31H50O9/c1-9-11-19(3)27-29(39-27)25(34)18(2)12-10-13-20(4)26-21(5)14-15-24(38-22(6)32)31(7,36)17-16-23(33)28(37-8)30(35)40-26/h10,12-15,18-19,21,23-29,33-34,36H,9,11,16-17H2,1-8H3/b12-10+,15-14-,20-13+. The molecule has 2 aliphatic rings. The molecule has 0 aliphatic carbocycles. The number of carbonyl (C=O) groups excluding carboxylic acids is 2. The van der Waals surface area contributed by atoms with Crippen LogP contribution in [0.4, 0.5) is 0 Å². The van der Waals surface area contributed by atoms with E-state index in [2.05, 4.69) is 13.8 Å². The van der Waals surface area contributed by atoms with Gasteiger partial charge in [-0.2, -0.15) is 0 Å². The number of ether oxygens (including phenoxy) is 4. The topological polar surface area (TPSA) is 135 Å². The van der Waals surface area contributed by atoms with E-state index in [0.717, 1.165) is 18.4 Å². The van der Waals surface area contributed by atoms with Gasteiger partial charge in [0.2, 0.25) is 0 Å². The summed E-state index contributed by atoms with van der Waals surface area (Å²) >= 11 is 0. The number of cyclic esters (lactones) is 1. The van der Waals surface area contributed by atoms with E-state index < -0.39 is 48.1 Å². The predicted octanol–water partition coefficient (Wildman–Crippen LogP) is 3.65. The van der Waals surface area contributed by atoms with Gasteiger partial charge in [-0.15, -0.1) is 0 Å². The van der Waals surface area contributed by atoms with Crippen LogP contribution in [-0.4, -0.2) is 82.7 Å². The normalized spacial score (nSPS) is 37.0. The lowest BCUT2D eigenvalue weighted by atomic mass is 9.88. The molecule has 0 saturated carbocycles. The zero-order valence-corrected chi connectivity index (χ0v) is 25.3. The Labute approximate surface area is 239 Å². The molecule has 11 atom stereocenters. The quantitative estimate of drug-likeness (QED) is 0.157. The smallest absolute Gasteiger partial charge is 0.338 e. The van der Waals surface area contributed by atoms with E-state index in [1.165, 1.54) is 21.0 Å². The number of carbonyl (C=O) groups is 2. The molecule has 228 valence electrons. The van der Waals surface area contributed by atoms with Gasteiger partial charge >= 0.3 is 11.9 Å². The molecule has 9 heteroatoms. The van der Waals surface area contributed by atoms with E-state index in [9.17, 15) is 24.9 Å². The largest absolute Gasteiger partial charge is 0.455 e. The summed E-state index contributed by atoms with van der Waals surface area (Å²) < 4.78 is 22.2. The van der Waals surface area contributed by atoms with Gasteiger partial charge in [-0.05, 0) is 50.7 Å². The Morgan fingerprint density at radius 3 is 2.52 bits per heavy atom. The van der Waals surface area contributed by atoms with E-state index in [1.807, 2.05) is 39.0 Å². The minimum absolute atomic E-state index is 0.0208. The molecule has 0 aromatic carbocycles. The summed E-state index contributed by atoms with van der Waals surface area (Å²) in [5.41, 5.74) is -0.763. The van der Waals surface area contributed by atoms with E-state index in [-0.39, 0.29) is 36.9 Å². The van der Waals surface area contributed by atoms with Crippen molar-refractivity contribution in [3.05, 3.63) is 36.0 Å². The highest BCUT2D eigenvalue weighted by atomic mass is 16.6. The molecular weight excluding hydrogens is 516 g/mol. The highest BCUT2D eigenvalue weighted by Gasteiger charge is 2.48. The third kappa shape index (κ3) is 9.52. The van der Waals surface area contributed by atoms with Crippen LogP contribution >= 0.6 is 0 Å². The van der Waals surface area contributed by atoms with Gasteiger partial charge in [0.25, 0.3) is 0 Å². The number of rotatable bonds is 10. The van der Waals surface area contributed by atoms with Gasteiger partial charge in [-0.25, -0.2) is 4.79 Å². The number of methoxy groups -OCH3 is 1. The Kier molecular flexibility index (Phi) is 13.0. The molecule has 3 N–H and O–H groups in total. The van der Waals surface area contributed by atoms with Crippen LogP contribution in [-0.2, 0) is 28.5 Å². The van der Waals surface area contributed by atoms with Gasteiger partial charge in [0.05, 0.1) is 18.3 Å². The van der Waals surface area contributed by atoms with Crippen molar-refractivity contribution in [2.45, 2.75) is 122 Å². The molecule has 0 bridgehead atoms. The summed E-state index contributed by atoms with van der Waals surface area (Å²) in [4.78, 5) is 24.8. The Balaban J connectivity index is 2.26. The van der Waals surface area contributed by atoms with Gasteiger partial charge in [0.1, 0.15) is 23.9 Å². The van der Waals surface area contributed by atoms with E-state index in [0.29, 0.717) is 5.92 Å². The molecule has 11 unspecified atom stereocenters. The Morgan fingerprint density at radius 1 is 1.25 bits per heavy atom. The highest BCUT2D eigenvalue weighted by molar-refractivity contribution is 5.76. The third-order valence-corrected chi connectivity index (χ3v) is 7.96. The van der Waals surface area contributed by atoms with Gasteiger partial charge in [-0.3, -0.25) is 4.79 Å². The molecular formula is C31H50O9. The van der Waals surface area contributed by atoms with E-state index in [4.69, 9.17) is 18.9 Å².